The zero-order valence-corrected chi connectivity index (χ0v) is 21.5. The van der Waals surface area contributed by atoms with Crippen molar-refractivity contribution in [2.45, 2.75) is 32.7 Å². The molecule has 0 spiro atoms. The number of aliphatic hydroxyl groups excluding tert-OH is 1. The Morgan fingerprint density at radius 1 is 1.06 bits per heavy atom. The number of likely N-dealkylation sites (tertiary alicyclic amines) is 1. The molecule has 1 atom stereocenters. The molecule has 1 aliphatic rings. The average Bonchev–Trinajstić information content (AvgIpc) is 3.08. The van der Waals surface area contributed by atoms with Gasteiger partial charge in [-0.2, -0.15) is 0 Å². The molecule has 1 N–H and O–H groups in total. The predicted molar refractivity (Wildman–Crippen MR) is 137 cm³/mol. The molecule has 0 saturated carbocycles. The number of rotatable bonds is 11. The van der Waals surface area contributed by atoms with Gasteiger partial charge in [0.2, 0.25) is 0 Å². The molecular formula is C27H33ClN2O5. The maximum Gasteiger partial charge on any atom is 0.295 e. The molecule has 0 aliphatic carbocycles. The van der Waals surface area contributed by atoms with E-state index < -0.39 is 17.7 Å². The van der Waals surface area contributed by atoms with E-state index in [9.17, 15) is 14.7 Å². The lowest BCUT2D eigenvalue weighted by molar-refractivity contribution is -0.140. The van der Waals surface area contributed by atoms with Gasteiger partial charge in [0.15, 0.2) is 11.5 Å². The van der Waals surface area contributed by atoms with Crippen LogP contribution in [0.4, 0.5) is 0 Å². The highest BCUT2D eigenvalue weighted by molar-refractivity contribution is 6.46. The number of ether oxygens (including phenoxy) is 2. The molecule has 3 rings (SSSR count). The van der Waals surface area contributed by atoms with E-state index in [2.05, 4.69) is 6.92 Å². The topological polar surface area (TPSA) is 79.3 Å². The molecule has 7 nitrogen and oxygen atoms in total. The van der Waals surface area contributed by atoms with Crippen LogP contribution < -0.4 is 9.47 Å². The van der Waals surface area contributed by atoms with E-state index in [1.165, 1.54) is 4.90 Å². The monoisotopic (exact) mass is 500 g/mol. The molecule has 1 saturated heterocycles. The maximum absolute atomic E-state index is 13.2. The van der Waals surface area contributed by atoms with Gasteiger partial charge in [-0.05, 0) is 69.4 Å². The van der Waals surface area contributed by atoms with Crippen LogP contribution in [0.5, 0.6) is 11.5 Å². The van der Waals surface area contributed by atoms with E-state index in [1.807, 2.05) is 32.0 Å². The normalized spacial score (nSPS) is 17.3. The van der Waals surface area contributed by atoms with Gasteiger partial charge in [0.05, 0.1) is 24.8 Å². The molecule has 1 heterocycles. The molecule has 1 unspecified atom stereocenters. The minimum absolute atomic E-state index is 0.0400. The van der Waals surface area contributed by atoms with Crippen molar-refractivity contribution >= 4 is 29.1 Å². The summed E-state index contributed by atoms with van der Waals surface area (Å²) in [4.78, 5) is 29.7. The van der Waals surface area contributed by atoms with Crippen molar-refractivity contribution in [1.82, 2.24) is 9.80 Å². The lowest BCUT2D eigenvalue weighted by Gasteiger charge is -2.27. The fraction of sp³-hybridized carbons (Fsp3) is 0.407. The van der Waals surface area contributed by atoms with Gasteiger partial charge in [-0.15, -0.1) is 0 Å². The summed E-state index contributed by atoms with van der Waals surface area (Å²) in [5, 5.41) is 11.7. The Kier molecular flexibility index (Phi) is 9.18. The number of aliphatic hydroxyl groups is 1. The molecule has 0 radical (unpaired) electrons. The summed E-state index contributed by atoms with van der Waals surface area (Å²) in [5.74, 6) is -0.465. The third-order valence-electron chi connectivity index (χ3n) is 5.78. The minimum Gasteiger partial charge on any atom is -0.507 e. The highest BCUT2D eigenvalue weighted by Gasteiger charge is 2.46. The van der Waals surface area contributed by atoms with Crippen molar-refractivity contribution in [3.05, 3.63) is 64.2 Å². The van der Waals surface area contributed by atoms with Gasteiger partial charge in [0.1, 0.15) is 5.76 Å². The van der Waals surface area contributed by atoms with Crippen LogP contribution in [-0.4, -0.2) is 67.0 Å². The number of ketones is 1. The molecule has 188 valence electrons. The number of amides is 1. The summed E-state index contributed by atoms with van der Waals surface area (Å²) in [6.45, 7) is 5.84. The molecule has 0 aromatic heterocycles. The molecule has 1 amide bonds. The van der Waals surface area contributed by atoms with Gasteiger partial charge >= 0.3 is 0 Å². The molecule has 1 fully saturated rings. The van der Waals surface area contributed by atoms with Gasteiger partial charge in [-0.3, -0.25) is 9.59 Å². The van der Waals surface area contributed by atoms with E-state index in [1.54, 1.807) is 36.4 Å². The number of likely N-dealkylation sites (N-methyl/N-ethyl adjacent to an activating group) is 1. The molecule has 2 aromatic carbocycles. The number of hydrogen-bond acceptors (Lipinski definition) is 6. The zero-order valence-electron chi connectivity index (χ0n) is 20.7. The second kappa shape index (κ2) is 12.1. The van der Waals surface area contributed by atoms with E-state index in [-0.39, 0.29) is 11.3 Å². The number of nitrogens with zero attached hydrogens (tertiary/aromatic N) is 2. The SMILES string of the molecule is CCCCOc1ccc(C2C(=C(O)c3ccc(Cl)cc3)C(=O)C(=O)N2CCN(C)C)cc1OCC. The Labute approximate surface area is 211 Å². The van der Waals surface area contributed by atoms with E-state index >= 15 is 0 Å². The summed E-state index contributed by atoms with van der Waals surface area (Å²) >= 11 is 6.00. The zero-order chi connectivity index (χ0) is 25.5. The van der Waals surface area contributed by atoms with Gasteiger partial charge in [0, 0.05) is 23.7 Å². The van der Waals surface area contributed by atoms with Crippen molar-refractivity contribution in [3.63, 3.8) is 0 Å². The van der Waals surface area contributed by atoms with Gasteiger partial charge < -0.3 is 24.4 Å². The van der Waals surface area contributed by atoms with Crippen LogP contribution in [0.15, 0.2) is 48.0 Å². The number of benzene rings is 2. The van der Waals surface area contributed by atoms with Crippen LogP contribution in [0, 0.1) is 0 Å². The van der Waals surface area contributed by atoms with E-state index in [0.29, 0.717) is 54.0 Å². The van der Waals surface area contributed by atoms with Crippen molar-refractivity contribution in [2.24, 2.45) is 0 Å². The van der Waals surface area contributed by atoms with Crippen LogP contribution in [0.25, 0.3) is 5.76 Å². The second-order valence-electron chi connectivity index (χ2n) is 8.64. The molecule has 0 bridgehead atoms. The fourth-order valence-electron chi connectivity index (χ4n) is 3.94. The molecular weight excluding hydrogens is 468 g/mol. The fourth-order valence-corrected chi connectivity index (χ4v) is 4.06. The second-order valence-corrected chi connectivity index (χ2v) is 9.08. The molecule has 2 aromatic rings. The number of unbranched alkanes of at least 4 members (excludes halogenated alkanes) is 1. The van der Waals surface area contributed by atoms with E-state index in [0.717, 1.165) is 12.8 Å². The Balaban J connectivity index is 2.12. The Morgan fingerprint density at radius 2 is 1.77 bits per heavy atom. The van der Waals surface area contributed by atoms with Crippen molar-refractivity contribution in [3.8, 4) is 11.5 Å². The first-order valence-electron chi connectivity index (χ1n) is 11.9. The number of carbonyl (C=O) groups is 2. The lowest BCUT2D eigenvalue weighted by Crippen LogP contribution is -2.35. The summed E-state index contributed by atoms with van der Waals surface area (Å²) in [6, 6.07) is 11.1. The summed E-state index contributed by atoms with van der Waals surface area (Å²) < 4.78 is 11.7. The molecule has 35 heavy (non-hydrogen) atoms. The first-order chi connectivity index (χ1) is 16.8. The van der Waals surface area contributed by atoms with Crippen LogP contribution in [0.3, 0.4) is 0 Å². The van der Waals surface area contributed by atoms with Crippen LogP contribution >= 0.6 is 11.6 Å². The lowest BCUT2D eigenvalue weighted by atomic mass is 9.95. The number of Topliss-reactive ketones (excluding diaryl/α,β-unsaturated/α-hetero) is 1. The molecule has 8 heteroatoms. The Bertz CT molecular complexity index is 1080. The third kappa shape index (κ3) is 6.16. The Hall–Kier alpha value is -3.03. The van der Waals surface area contributed by atoms with Crippen molar-refractivity contribution in [1.29, 1.82) is 0 Å². The number of carbonyl (C=O) groups excluding carboxylic acids is 2. The Morgan fingerprint density at radius 3 is 2.40 bits per heavy atom. The van der Waals surface area contributed by atoms with Crippen LogP contribution in [-0.2, 0) is 9.59 Å². The predicted octanol–water partition coefficient (Wildman–Crippen LogP) is 4.90. The van der Waals surface area contributed by atoms with Gasteiger partial charge in [-0.1, -0.05) is 31.0 Å². The van der Waals surface area contributed by atoms with E-state index in [4.69, 9.17) is 21.1 Å². The third-order valence-corrected chi connectivity index (χ3v) is 6.04. The van der Waals surface area contributed by atoms with Crippen LogP contribution in [0.1, 0.15) is 43.9 Å². The first-order valence-corrected chi connectivity index (χ1v) is 12.2. The van der Waals surface area contributed by atoms with Gasteiger partial charge in [-0.25, -0.2) is 0 Å². The average molecular weight is 501 g/mol. The summed E-state index contributed by atoms with van der Waals surface area (Å²) in [6.07, 6.45) is 1.92. The smallest absolute Gasteiger partial charge is 0.295 e. The first kappa shape index (κ1) is 26.6. The van der Waals surface area contributed by atoms with Gasteiger partial charge in [0.25, 0.3) is 11.7 Å². The maximum atomic E-state index is 13.2. The highest BCUT2D eigenvalue weighted by atomic mass is 35.5. The molecule has 1 aliphatic heterocycles. The summed E-state index contributed by atoms with van der Waals surface area (Å²) in [5.41, 5.74) is 1.11. The number of hydrogen-bond donors (Lipinski definition) is 1. The number of halogens is 1. The highest BCUT2D eigenvalue weighted by Crippen LogP contribution is 2.42. The van der Waals surface area contributed by atoms with Crippen molar-refractivity contribution in [2.75, 3.05) is 40.4 Å². The standard InChI is InChI=1S/C27H33ClN2O5/c1-5-7-16-35-21-13-10-19(17-22(21)34-6-2)24-23(25(31)18-8-11-20(28)12-9-18)26(32)27(33)30(24)15-14-29(3)4/h8-13,17,24,31H,5-7,14-16H2,1-4H3. The minimum atomic E-state index is -0.769. The largest absolute Gasteiger partial charge is 0.507 e. The van der Waals surface area contributed by atoms with Crippen molar-refractivity contribution < 1.29 is 24.2 Å². The summed E-state index contributed by atoms with van der Waals surface area (Å²) in [7, 11) is 3.80. The quantitative estimate of drug-likeness (QED) is 0.204. The van der Waals surface area contributed by atoms with Crippen LogP contribution in [0.2, 0.25) is 5.02 Å².